The van der Waals surface area contributed by atoms with E-state index in [-0.39, 0.29) is 25.5 Å². The zero-order chi connectivity index (χ0) is 16.1. The minimum Gasteiger partial charge on any atom is -0.484 e. The first kappa shape index (κ1) is 16.3. The van der Waals surface area contributed by atoms with Gasteiger partial charge in [-0.25, -0.2) is 0 Å². The Morgan fingerprint density at radius 3 is 2.82 bits per heavy atom. The molecule has 1 N–H and O–H groups in total. The number of aryl methyl sites for hydroxylation is 2. The van der Waals surface area contributed by atoms with Gasteiger partial charge in [0.1, 0.15) is 5.75 Å². The summed E-state index contributed by atoms with van der Waals surface area (Å²) in [5.74, 6) is -0.518. The molecular weight excluding hydrogens is 286 g/mol. The predicted molar refractivity (Wildman–Crippen MR) is 80.0 cm³/mol. The van der Waals surface area contributed by atoms with Gasteiger partial charge in [0.15, 0.2) is 6.61 Å². The summed E-state index contributed by atoms with van der Waals surface area (Å²) in [6, 6.07) is 5.22. The van der Waals surface area contributed by atoms with Crippen LogP contribution in [0.2, 0.25) is 0 Å². The van der Waals surface area contributed by atoms with Crippen LogP contribution in [0.4, 0.5) is 0 Å². The molecule has 1 amide bonds. The summed E-state index contributed by atoms with van der Waals surface area (Å²) in [7, 11) is 0. The number of nitrogens with zero attached hydrogens (tertiary/aromatic N) is 1. The molecule has 6 nitrogen and oxygen atoms in total. The van der Waals surface area contributed by atoms with E-state index >= 15 is 0 Å². The van der Waals surface area contributed by atoms with Gasteiger partial charge in [-0.1, -0.05) is 6.07 Å². The number of hydrogen-bond donors (Lipinski definition) is 1. The third-order valence-electron chi connectivity index (χ3n) is 3.80. The van der Waals surface area contributed by atoms with Crippen LogP contribution in [0, 0.1) is 13.8 Å². The first-order valence-electron chi connectivity index (χ1n) is 7.26. The van der Waals surface area contributed by atoms with E-state index in [1.165, 1.54) is 0 Å². The molecule has 1 unspecified atom stereocenters. The number of carboxylic acids is 1. The predicted octanol–water partition coefficient (Wildman–Crippen LogP) is 1.38. The summed E-state index contributed by atoms with van der Waals surface area (Å²) in [5.41, 5.74) is 2.26. The fraction of sp³-hybridized carbons (Fsp3) is 0.500. The molecule has 22 heavy (non-hydrogen) atoms. The molecule has 0 aliphatic carbocycles. The lowest BCUT2D eigenvalue weighted by atomic mass is 10.1. The molecule has 1 aromatic carbocycles. The fourth-order valence-electron chi connectivity index (χ4n) is 2.39. The van der Waals surface area contributed by atoms with Crippen LogP contribution >= 0.6 is 0 Å². The average molecular weight is 307 g/mol. The van der Waals surface area contributed by atoms with Crippen molar-refractivity contribution in [1.29, 1.82) is 0 Å². The maximum atomic E-state index is 12.3. The van der Waals surface area contributed by atoms with Crippen molar-refractivity contribution < 1.29 is 24.2 Å². The van der Waals surface area contributed by atoms with E-state index in [1.54, 1.807) is 4.90 Å². The Morgan fingerprint density at radius 2 is 2.14 bits per heavy atom. The molecule has 0 aromatic heterocycles. The van der Waals surface area contributed by atoms with Gasteiger partial charge >= 0.3 is 5.97 Å². The monoisotopic (exact) mass is 307 g/mol. The number of rotatable bonds is 5. The summed E-state index contributed by atoms with van der Waals surface area (Å²) in [4.78, 5) is 24.7. The van der Waals surface area contributed by atoms with E-state index in [4.69, 9.17) is 14.6 Å². The van der Waals surface area contributed by atoms with E-state index in [0.29, 0.717) is 18.9 Å². The van der Waals surface area contributed by atoms with Gasteiger partial charge in [0.25, 0.3) is 5.91 Å². The largest absolute Gasteiger partial charge is 0.484 e. The fourth-order valence-corrected chi connectivity index (χ4v) is 2.39. The first-order chi connectivity index (χ1) is 10.5. The molecule has 1 aliphatic heterocycles. The molecule has 0 bridgehead atoms. The minimum absolute atomic E-state index is 0.0986. The molecule has 120 valence electrons. The van der Waals surface area contributed by atoms with Crippen LogP contribution in [0.25, 0.3) is 0 Å². The van der Waals surface area contributed by atoms with Crippen LogP contribution in [-0.4, -0.2) is 54.3 Å². The number of aliphatic carboxylic acids is 1. The van der Waals surface area contributed by atoms with E-state index in [2.05, 4.69) is 0 Å². The van der Waals surface area contributed by atoms with Gasteiger partial charge in [0, 0.05) is 6.54 Å². The lowest BCUT2D eigenvalue weighted by molar-refractivity contribution is -0.147. The molecule has 1 fully saturated rings. The second kappa shape index (κ2) is 7.26. The van der Waals surface area contributed by atoms with Gasteiger partial charge in [-0.05, 0) is 37.1 Å². The van der Waals surface area contributed by atoms with Crippen LogP contribution < -0.4 is 4.74 Å². The Bertz CT molecular complexity index is 557. The van der Waals surface area contributed by atoms with Gasteiger partial charge in [-0.2, -0.15) is 0 Å². The average Bonchev–Trinajstić information content (AvgIpc) is 2.48. The van der Waals surface area contributed by atoms with Crippen molar-refractivity contribution in [3.63, 3.8) is 0 Å². The van der Waals surface area contributed by atoms with E-state index in [0.717, 1.165) is 11.1 Å². The standard InChI is InChI=1S/C16H21NO5/c1-11-3-4-14(7-12(11)2)22-10-15(18)17-5-6-21-9-13(17)8-16(19)20/h3-4,7,13H,5-6,8-10H2,1-2H3,(H,19,20). The lowest BCUT2D eigenvalue weighted by Crippen LogP contribution is -2.51. The summed E-state index contributed by atoms with van der Waals surface area (Å²) in [5, 5.41) is 8.90. The van der Waals surface area contributed by atoms with E-state index in [9.17, 15) is 9.59 Å². The Balaban J connectivity index is 1.94. The van der Waals surface area contributed by atoms with E-state index < -0.39 is 12.0 Å². The molecule has 1 aliphatic rings. The number of ether oxygens (including phenoxy) is 2. The van der Waals surface area contributed by atoms with Crippen molar-refractivity contribution in [2.45, 2.75) is 26.3 Å². The van der Waals surface area contributed by atoms with Crippen molar-refractivity contribution in [3.05, 3.63) is 29.3 Å². The summed E-state index contributed by atoms with van der Waals surface area (Å²) in [6.45, 7) is 4.96. The second-order valence-corrected chi connectivity index (χ2v) is 5.45. The second-order valence-electron chi connectivity index (χ2n) is 5.45. The molecule has 0 saturated carbocycles. The van der Waals surface area contributed by atoms with Gasteiger partial charge in [0.2, 0.25) is 0 Å². The van der Waals surface area contributed by atoms with Gasteiger partial charge in [-0.15, -0.1) is 0 Å². The minimum atomic E-state index is -0.941. The SMILES string of the molecule is Cc1ccc(OCC(=O)N2CCOCC2CC(=O)O)cc1C. The smallest absolute Gasteiger partial charge is 0.305 e. The Morgan fingerprint density at radius 1 is 1.36 bits per heavy atom. The van der Waals surface area contributed by atoms with Crippen molar-refractivity contribution in [3.8, 4) is 5.75 Å². The van der Waals surface area contributed by atoms with Crippen molar-refractivity contribution in [1.82, 2.24) is 4.90 Å². The first-order valence-corrected chi connectivity index (χ1v) is 7.26. The van der Waals surface area contributed by atoms with E-state index in [1.807, 2.05) is 32.0 Å². The van der Waals surface area contributed by atoms with Gasteiger partial charge < -0.3 is 19.5 Å². The zero-order valence-electron chi connectivity index (χ0n) is 12.9. The molecule has 1 aromatic rings. The maximum Gasteiger partial charge on any atom is 0.305 e. The van der Waals surface area contributed by atoms with Gasteiger partial charge in [0.05, 0.1) is 25.7 Å². The third-order valence-corrected chi connectivity index (χ3v) is 3.80. The topological polar surface area (TPSA) is 76.1 Å². The number of morpholine rings is 1. The highest BCUT2D eigenvalue weighted by atomic mass is 16.5. The number of amides is 1. The van der Waals surface area contributed by atoms with Crippen LogP contribution in [0.5, 0.6) is 5.75 Å². The van der Waals surface area contributed by atoms with Crippen molar-refractivity contribution in [2.24, 2.45) is 0 Å². The number of carboxylic acid groups (broad SMARTS) is 1. The normalized spacial score (nSPS) is 18.1. The van der Waals surface area contributed by atoms with Crippen LogP contribution in [0.3, 0.4) is 0 Å². The molecular formula is C16H21NO5. The Hall–Kier alpha value is -2.08. The highest BCUT2D eigenvalue weighted by molar-refractivity contribution is 5.79. The Labute approximate surface area is 129 Å². The highest BCUT2D eigenvalue weighted by Crippen LogP contribution is 2.17. The number of benzene rings is 1. The quantitative estimate of drug-likeness (QED) is 0.889. The highest BCUT2D eigenvalue weighted by Gasteiger charge is 2.29. The summed E-state index contributed by atoms with van der Waals surface area (Å²) >= 11 is 0. The van der Waals surface area contributed by atoms with Crippen molar-refractivity contribution in [2.75, 3.05) is 26.4 Å². The third kappa shape index (κ3) is 4.21. The molecule has 0 spiro atoms. The molecule has 1 heterocycles. The summed E-state index contributed by atoms with van der Waals surface area (Å²) in [6.07, 6.45) is -0.116. The van der Waals surface area contributed by atoms with Crippen LogP contribution in [0.1, 0.15) is 17.5 Å². The lowest BCUT2D eigenvalue weighted by Gasteiger charge is -2.34. The van der Waals surface area contributed by atoms with Crippen LogP contribution in [0.15, 0.2) is 18.2 Å². The zero-order valence-corrected chi connectivity index (χ0v) is 12.9. The molecule has 6 heteroatoms. The maximum absolute atomic E-state index is 12.3. The molecule has 0 radical (unpaired) electrons. The number of carbonyl (C=O) groups is 2. The van der Waals surface area contributed by atoms with Crippen LogP contribution in [-0.2, 0) is 14.3 Å². The number of hydrogen-bond acceptors (Lipinski definition) is 4. The molecule has 1 atom stereocenters. The van der Waals surface area contributed by atoms with Crippen molar-refractivity contribution >= 4 is 11.9 Å². The molecule has 1 saturated heterocycles. The van der Waals surface area contributed by atoms with Gasteiger partial charge in [-0.3, -0.25) is 9.59 Å². The summed E-state index contributed by atoms with van der Waals surface area (Å²) < 4.78 is 10.8. The molecule has 2 rings (SSSR count). The number of carbonyl (C=O) groups excluding carboxylic acids is 1. The Kier molecular flexibility index (Phi) is 5.38.